The van der Waals surface area contributed by atoms with Crippen molar-refractivity contribution in [2.45, 2.75) is 6.42 Å². The maximum atomic E-state index is 11.9. The normalized spacial score (nSPS) is 10.3. The molecule has 0 saturated heterocycles. The number of hydrogen-bond donors (Lipinski definition) is 1. The van der Waals surface area contributed by atoms with Crippen molar-refractivity contribution in [1.82, 2.24) is 0 Å². The molecule has 2 aromatic rings. The van der Waals surface area contributed by atoms with Gasteiger partial charge in [0.1, 0.15) is 0 Å². The number of halogens is 3. The molecule has 0 unspecified atom stereocenters. The van der Waals surface area contributed by atoms with Crippen LogP contribution >= 0.6 is 43.5 Å². The molecule has 5 heteroatoms. The van der Waals surface area contributed by atoms with Gasteiger partial charge in [-0.3, -0.25) is 4.79 Å². The van der Waals surface area contributed by atoms with E-state index < -0.39 is 0 Å². The first-order valence-electron chi connectivity index (χ1n) is 5.54. The van der Waals surface area contributed by atoms with Crippen LogP contribution in [0.4, 0.5) is 5.69 Å². The summed E-state index contributed by atoms with van der Waals surface area (Å²) in [5.41, 5.74) is 1.64. The number of rotatable bonds is 3. The molecule has 1 amide bonds. The molecule has 0 aliphatic rings. The third-order valence-electron chi connectivity index (χ3n) is 2.46. The Morgan fingerprint density at radius 2 is 1.95 bits per heavy atom. The Kier molecular flexibility index (Phi) is 5.02. The molecule has 0 saturated carbocycles. The van der Waals surface area contributed by atoms with Gasteiger partial charge in [-0.1, -0.05) is 39.7 Å². The lowest BCUT2D eigenvalue weighted by atomic mass is 10.1. The maximum absolute atomic E-state index is 11.9. The van der Waals surface area contributed by atoms with Crippen LogP contribution in [0.5, 0.6) is 0 Å². The highest BCUT2D eigenvalue weighted by atomic mass is 79.9. The smallest absolute Gasteiger partial charge is 0.228 e. The number of hydrogen-bond acceptors (Lipinski definition) is 1. The summed E-state index contributed by atoms with van der Waals surface area (Å²) in [6.07, 6.45) is 0.327. The second kappa shape index (κ2) is 6.55. The fraction of sp³-hybridized carbons (Fsp3) is 0.0714. The molecular weight excluding hydrogens is 393 g/mol. The highest BCUT2D eigenvalue weighted by Gasteiger charge is 2.06. The van der Waals surface area contributed by atoms with E-state index in [1.165, 1.54) is 0 Å². The first kappa shape index (κ1) is 14.6. The van der Waals surface area contributed by atoms with Gasteiger partial charge in [-0.25, -0.2) is 0 Å². The number of benzene rings is 2. The molecule has 0 aliphatic heterocycles. The lowest BCUT2D eigenvalue weighted by molar-refractivity contribution is -0.115. The third-order valence-corrected chi connectivity index (χ3v) is 4.18. The second-order valence-electron chi connectivity index (χ2n) is 3.98. The Balaban J connectivity index is 2.03. The van der Waals surface area contributed by atoms with Gasteiger partial charge in [0, 0.05) is 14.6 Å². The number of amides is 1. The zero-order valence-electron chi connectivity index (χ0n) is 9.79. The molecule has 0 spiro atoms. The van der Waals surface area contributed by atoms with Gasteiger partial charge in [-0.2, -0.15) is 0 Å². The summed E-state index contributed by atoms with van der Waals surface area (Å²) in [6.45, 7) is 0. The molecule has 98 valence electrons. The number of carbonyl (C=O) groups excluding carboxylic acids is 1. The molecule has 0 bridgehead atoms. The van der Waals surface area contributed by atoms with E-state index in [0.29, 0.717) is 17.1 Å². The van der Waals surface area contributed by atoms with Gasteiger partial charge in [0.25, 0.3) is 0 Å². The standard InChI is InChI=1S/C14H10Br2ClNO/c15-10-3-1-2-9(6-10)7-14(19)18-11-4-5-12(16)13(17)8-11/h1-6,8H,7H2,(H,18,19). The lowest BCUT2D eigenvalue weighted by Gasteiger charge is -2.07. The lowest BCUT2D eigenvalue weighted by Crippen LogP contribution is -2.14. The van der Waals surface area contributed by atoms with Gasteiger partial charge >= 0.3 is 0 Å². The van der Waals surface area contributed by atoms with Crippen molar-refractivity contribution in [1.29, 1.82) is 0 Å². The van der Waals surface area contributed by atoms with Crippen LogP contribution in [-0.2, 0) is 11.2 Å². The van der Waals surface area contributed by atoms with Crippen LogP contribution in [0.1, 0.15) is 5.56 Å². The van der Waals surface area contributed by atoms with Gasteiger partial charge in [0.05, 0.1) is 11.4 Å². The summed E-state index contributed by atoms with van der Waals surface area (Å²) in [5, 5.41) is 3.39. The van der Waals surface area contributed by atoms with E-state index in [1.54, 1.807) is 18.2 Å². The molecule has 0 fully saturated rings. The van der Waals surface area contributed by atoms with Crippen LogP contribution in [0.3, 0.4) is 0 Å². The van der Waals surface area contributed by atoms with E-state index in [9.17, 15) is 4.79 Å². The van der Waals surface area contributed by atoms with Crippen LogP contribution in [0, 0.1) is 0 Å². The van der Waals surface area contributed by atoms with Crippen molar-refractivity contribution in [2.75, 3.05) is 5.32 Å². The van der Waals surface area contributed by atoms with E-state index in [0.717, 1.165) is 14.5 Å². The molecule has 2 aromatic carbocycles. The SMILES string of the molecule is O=C(Cc1cccc(Br)c1)Nc1ccc(Br)c(Cl)c1. The summed E-state index contributed by atoms with van der Waals surface area (Å²) in [6, 6.07) is 13.0. The first-order valence-corrected chi connectivity index (χ1v) is 7.50. The fourth-order valence-electron chi connectivity index (χ4n) is 1.61. The van der Waals surface area contributed by atoms with Crippen molar-refractivity contribution < 1.29 is 4.79 Å². The molecular formula is C14H10Br2ClNO. The summed E-state index contributed by atoms with van der Waals surface area (Å²) >= 11 is 12.7. The van der Waals surface area contributed by atoms with Crippen molar-refractivity contribution in [3.05, 3.63) is 62.0 Å². The molecule has 0 atom stereocenters. The van der Waals surface area contributed by atoms with E-state index in [4.69, 9.17) is 11.6 Å². The third kappa shape index (κ3) is 4.34. The molecule has 0 aromatic heterocycles. The van der Waals surface area contributed by atoms with E-state index in [-0.39, 0.29) is 5.91 Å². The molecule has 2 nitrogen and oxygen atoms in total. The Bertz CT molecular complexity index is 616. The van der Waals surface area contributed by atoms with Crippen LogP contribution < -0.4 is 5.32 Å². The number of anilines is 1. The van der Waals surface area contributed by atoms with Crippen molar-refractivity contribution in [3.8, 4) is 0 Å². The molecule has 2 rings (SSSR count). The van der Waals surface area contributed by atoms with Crippen molar-refractivity contribution in [3.63, 3.8) is 0 Å². The quantitative estimate of drug-likeness (QED) is 0.764. The van der Waals surface area contributed by atoms with Crippen LogP contribution in [0.2, 0.25) is 5.02 Å². The minimum Gasteiger partial charge on any atom is -0.326 e. The predicted octanol–water partition coefficient (Wildman–Crippen LogP) is 5.05. The van der Waals surface area contributed by atoms with Gasteiger partial charge in [-0.05, 0) is 51.8 Å². The monoisotopic (exact) mass is 401 g/mol. The molecule has 1 N–H and O–H groups in total. The Labute approximate surface area is 133 Å². The summed E-state index contributed by atoms with van der Waals surface area (Å²) in [5.74, 6) is -0.0727. The minimum absolute atomic E-state index is 0.0727. The zero-order chi connectivity index (χ0) is 13.8. The van der Waals surface area contributed by atoms with E-state index in [1.807, 2.05) is 24.3 Å². The van der Waals surface area contributed by atoms with Gasteiger partial charge in [0.2, 0.25) is 5.91 Å². The Morgan fingerprint density at radius 1 is 1.16 bits per heavy atom. The van der Waals surface area contributed by atoms with Gasteiger partial charge in [-0.15, -0.1) is 0 Å². The fourth-order valence-corrected chi connectivity index (χ4v) is 2.49. The minimum atomic E-state index is -0.0727. The predicted molar refractivity (Wildman–Crippen MR) is 85.6 cm³/mol. The van der Waals surface area contributed by atoms with Crippen LogP contribution in [0.15, 0.2) is 51.4 Å². The second-order valence-corrected chi connectivity index (χ2v) is 6.16. The van der Waals surface area contributed by atoms with Crippen LogP contribution in [-0.4, -0.2) is 5.91 Å². The van der Waals surface area contributed by atoms with E-state index in [2.05, 4.69) is 37.2 Å². The average Bonchev–Trinajstić information content (AvgIpc) is 2.34. The summed E-state index contributed by atoms with van der Waals surface area (Å²) < 4.78 is 1.77. The largest absolute Gasteiger partial charge is 0.326 e. The topological polar surface area (TPSA) is 29.1 Å². The van der Waals surface area contributed by atoms with Crippen molar-refractivity contribution >= 4 is 55.1 Å². The Hall–Kier alpha value is -0.840. The summed E-state index contributed by atoms with van der Waals surface area (Å²) in [4.78, 5) is 11.9. The average molecular weight is 404 g/mol. The number of nitrogens with one attached hydrogen (secondary N) is 1. The van der Waals surface area contributed by atoms with Gasteiger partial charge in [0.15, 0.2) is 0 Å². The van der Waals surface area contributed by atoms with Crippen molar-refractivity contribution in [2.24, 2.45) is 0 Å². The van der Waals surface area contributed by atoms with Gasteiger partial charge < -0.3 is 5.32 Å². The zero-order valence-corrected chi connectivity index (χ0v) is 13.7. The Morgan fingerprint density at radius 3 is 2.63 bits per heavy atom. The highest BCUT2D eigenvalue weighted by Crippen LogP contribution is 2.25. The first-order chi connectivity index (χ1) is 9.04. The summed E-state index contributed by atoms with van der Waals surface area (Å²) in [7, 11) is 0. The van der Waals surface area contributed by atoms with E-state index >= 15 is 0 Å². The molecule has 0 aliphatic carbocycles. The number of carbonyl (C=O) groups is 1. The van der Waals surface area contributed by atoms with Crippen LogP contribution in [0.25, 0.3) is 0 Å². The molecule has 19 heavy (non-hydrogen) atoms. The maximum Gasteiger partial charge on any atom is 0.228 e. The highest BCUT2D eigenvalue weighted by molar-refractivity contribution is 9.10. The molecule has 0 radical (unpaired) electrons. The molecule has 0 heterocycles.